The average molecular weight is 463 g/mol. The fourth-order valence-corrected chi connectivity index (χ4v) is 3.26. The van der Waals surface area contributed by atoms with Gasteiger partial charge < -0.3 is 25.2 Å². The zero-order valence-corrected chi connectivity index (χ0v) is 18.7. The summed E-state index contributed by atoms with van der Waals surface area (Å²) in [5.74, 6) is -1.37. The number of carbonyl (C=O) groups is 2. The minimum absolute atomic E-state index is 0.258. The first-order valence-electron chi connectivity index (χ1n) is 10.6. The third-order valence-electron chi connectivity index (χ3n) is 5.02. The number of ether oxygens (including phenoxy) is 2. The van der Waals surface area contributed by atoms with Gasteiger partial charge in [-0.1, -0.05) is 59.8 Å². The molecule has 8 heteroatoms. The molecule has 0 saturated heterocycles. The van der Waals surface area contributed by atoms with E-state index in [1.807, 2.05) is 54.6 Å². The Hall–Kier alpha value is -4.33. The van der Waals surface area contributed by atoms with E-state index in [0.717, 1.165) is 11.1 Å². The molecular formula is C26H26N2O6. The van der Waals surface area contributed by atoms with Gasteiger partial charge in [-0.05, 0) is 35.4 Å². The second kappa shape index (κ2) is 12.1. The van der Waals surface area contributed by atoms with Gasteiger partial charge in [-0.25, -0.2) is 0 Å². The van der Waals surface area contributed by atoms with Crippen LogP contribution >= 0.6 is 0 Å². The highest BCUT2D eigenvalue weighted by Crippen LogP contribution is 2.23. The van der Waals surface area contributed by atoms with Crippen molar-refractivity contribution in [3.05, 3.63) is 95.6 Å². The molecule has 0 radical (unpaired) electrons. The van der Waals surface area contributed by atoms with Crippen LogP contribution < -0.4 is 15.2 Å². The number of rotatable bonds is 12. The monoisotopic (exact) mass is 462 g/mol. The number of nitrogens with two attached hydrogens (primary N) is 1. The van der Waals surface area contributed by atoms with E-state index < -0.39 is 17.8 Å². The minimum Gasteiger partial charge on any atom is -0.489 e. The van der Waals surface area contributed by atoms with Gasteiger partial charge in [0.15, 0.2) is 0 Å². The average Bonchev–Trinajstić information content (AvgIpc) is 2.85. The quantitative estimate of drug-likeness (QED) is 0.312. The molecule has 3 aromatic carbocycles. The number of carbonyl (C=O) groups excluding carboxylic acids is 1. The maximum Gasteiger partial charge on any atom is 0.304 e. The third kappa shape index (κ3) is 7.09. The predicted octanol–water partition coefficient (Wildman–Crippen LogP) is 3.74. The molecule has 0 aliphatic rings. The number of oxime groups is 1. The number of hydrogen-bond donors (Lipinski definition) is 2. The highest BCUT2D eigenvalue weighted by Gasteiger charge is 2.21. The van der Waals surface area contributed by atoms with Gasteiger partial charge in [0.2, 0.25) is 5.91 Å². The van der Waals surface area contributed by atoms with Crippen LogP contribution in [0.1, 0.15) is 29.0 Å². The SMILES string of the molecule is CO/N=C(\COc1ccc(COc2ccc(C(CC(=O)O)C(N)=O)cc2)cc1)c1ccccc1. The smallest absolute Gasteiger partial charge is 0.304 e. The Kier molecular flexibility index (Phi) is 8.62. The zero-order valence-electron chi connectivity index (χ0n) is 18.7. The van der Waals surface area contributed by atoms with E-state index >= 15 is 0 Å². The van der Waals surface area contributed by atoms with Crippen LogP contribution in [0.5, 0.6) is 11.5 Å². The van der Waals surface area contributed by atoms with Crippen molar-refractivity contribution in [3.63, 3.8) is 0 Å². The number of amides is 1. The Balaban J connectivity index is 1.54. The van der Waals surface area contributed by atoms with Crippen LogP contribution in [-0.4, -0.2) is 36.4 Å². The van der Waals surface area contributed by atoms with Crippen molar-refractivity contribution in [1.29, 1.82) is 0 Å². The number of aliphatic carboxylic acids is 1. The molecule has 0 spiro atoms. The second-order valence-corrected chi connectivity index (χ2v) is 7.43. The minimum atomic E-state index is -1.08. The van der Waals surface area contributed by atoms with Crippen LogP contribution in [0, 0.1) is 0 Å². The number of benzene rings is 3. The van der Waals surface area contributed by atoms with Crippen LogP contribution in [0.25, 0.3) is 0 Å². The summed E-state index contributed by atoms with van der Waals surface area (Å²) in [6.45, 7) is 0.586. The van der Waals surface area contributed by atoms with Crippen molar-refractivity contribution in [2.24, 2.45) is 10.9 Å². The molecule has 0 aliphatic carbocycles. The second-order valence-electron chi connectivity index (χ2n) is 7.43. The first kappa shape index (κ1) is 24.3. The van der Waals surface area contributed by atoms with E-state index in [-0.39, 0.29) is 13.0 Å². The number of carboxylic acid groups (broad SMARTS) is 1. The molecule has 176 valence electrons. The van der Waals surface area contributed by atoms with Crippen molar-refractivity contribution >= 4 is 17.6 Å². The molecular weight excluding hydrogens is 436 g/mol. The van der Waals surface area contributed by atoms with Crippen molar-refractivity contribution < 1.29 is 29.0 Å². The number of carboxylic acids is 1. The molecule has 0 saturated carbocycles. The predicted molar refractivity (Wildman–Crippen MR) is 127 cm³/mol. The summed E-state index contributed by atoms with van der Waals surface area (Å²) in [5.41, 5.74) is 8.41. The molecule has 0 heterocycles. The van der Waals surface area contributed by atoms with Gasteiger partial charge in [-0.2, -0.15) is 0 Å². The third-order valence-corrected chi connectivity index (χ3v) is 5.02. The lowest BCUT2D eigenvalue weighted by Gasteiger charge is -2.13. The highest BCUT2D eigenvalue weighted by molar-refractivity contribution is 6.01. The number of hydrogen-bond acceptors (Lipinski definition) is 6. The van der Waals surface area contributed by atoms with Crippen LogP contribution in [0.3, 0.4) is 0 Å². The first-order chi connectivity index (χ1) is 16.5. The van der Waals surface area contributed by atoms with E-state index in [4.69, 9.17) is 25.2 Å². The van der Waals surface area contributed by atoms with Gasteiger partial charge in [-0.15, -0.1) is 0 Å². The van der Waals surface area contributed by atoms with Gasteiger partial charge in [0, 0.05) is 5.56 Å². The van der Waals surface area contributed by atoms with Gasteiger partial charge in [0.1, 0.15) is 37.5 Å². The molecule has 1 amide bonds. The van der Waals surface area contributed by atoms with Gasteiger partial charge >= 0.3 is 5.97 Å². The zero-order chi connectivity index (χ0) is 24.3. The van der Waals surface area contributed by atoms with Crippen LogP contribution in [-0.2, 0) is 21.0 Å². The largest absolute Gasteiger partial charge is 0.489 e. The maximum atomic E-state index is 11.6. The molecule has 0 aromatic heterocycles. The molecule has 0 aliphatic heterocycles. The molecule has 0 bridgehead atoms. The molecule has 0 fully saturated rings. The summed E-state index contributed by atoms with van der Waals surface area (Å²) < 4.78 is 11.6. The van der Waals surface area contributed by atoms with E-state index in [2.05, 4.69) is 5.16 Å². The lowest BCUT2D eigenvalue weighted by Crippen LogP contribution is -2.23. The van der Waals surface area contributed by atoms with Crippen molar-refractivity contribution in [3.8, 4) is 11.5 Å². The molecule has 1 unspecified atom stereocenters. The van der Waals surface area contributed by atoms with E-state index in [1.165, 1.54) is 7.11 Å². The van der Waals surface area contributed by atoms with Crippen molar-refractivity contribution in [2.45, 2.75) is 18.9 Å². The van der Waals surface area contributed by atoms with Crippen LogP contribution in [0.15, 0.2) is 84.0 Å². The van der Waals surface area contributed by atoms with E-state index in [1.54, 1.807) is 24.3 Å². The molecule has 3 N–H and O–H groups in total. The summed E-state index contributed by atoms with van der Waals surface area (Å²) in [6, 6.07) is 23.8. The normalized spacial score (nSPS) is 12.0. The summed E-state index contributed by atoms with van der Waals surface area (Å²) >= 11 is 0. The number of nitrogens with zero attached hydrogens (tertiary/aromatic N) is 1. The van der Waals surface area contributed by atoms with Gasteiger partial charge in [0.05, 0.1) is 12.3 Å². The van der Waals surface area contributed by atoms with E-state index in [9.17, 15) is 9.59 Å². The summed E-state index contributed by atoms with van der Waals surface area (Å²) in [5, 5.41) is 13.0. The summed E-state index contributed by atoms with van der Waals surface area (Å²) in [6.07, 6.45) is -0.353. The van der Waals surface area contributed by atoms with E-state index in [0.29, 0.717) is 29.4 Å². The van der Waals surface area contributed by atoms with Crippen LogP contribution in [0.4, 0.5) is 0 Å². The Morgan fingerprint density at radius 1 is 0.912 bits per heavy atom. The molecule has 1 atom stereocenters. The molecule has 3 aromatic rings. The van der Waals surface area contributed by atoms with Crippen molar-refractivity contribution in [2.75, 3.05) is 13.7 Å². The van der Waals surface area contributed by atoms with Crippen molar-refractivity contribution in [1.82, 2.24) is 0 Å². The Bertz CT molecular complexity index is 1110. The maximum absolute atomic E-state index is 11.6. The highest BCUT2D eigenvalue weighted by atomic mass is 16.6. The summed E-state index contributed by atoms with van der Waals surface area (Å²) in [4.78, 5) is 27.4. The first-order valence-corrected chi connectivity index (χ1v) is 10.6. The molecule has 34 heavy (non-hydrogen) atoms. The Labute approximate surface area is 197 Å². The van der Waals surface area contributed by atoms with Gasteiger partial charge in [-0.3, -0.25) is 9.59 Å². The topological polar surface area (TPSA) is 120 Å². The lowest BCUT2D eigenvalue weighted by molar-refractivity contribution is -0.139. The summed E-state index contributed by atoms with van der Waals surface area (Å²) in [7, 11) is 1.50. The van der Waals surface area contributed by atoms with Crippen LogP contribution in [0.2, 0.25) is 0 Å². The van der Waals surface area contributed by atoms with Gasteiger partial charge in [0.25, 0.3) is 0 Å². The fourth-order valence-electron chi connectivity index (χ4n) is 3.26. The Morgan fingerprint density at radius 3 is 2.12 bits per heavy atom. The standard InChI is InChI=1S/C26H26N2O6/c1-32-28-24(20-5-3-2-4-6-20)17-34-21-11-7-18(8-12-21)16-33-22-13-9-19(10-14-22)23(26(27)31)15-25(29)30/h2-14,23H,15-17H2,1H3,(H2,27,31)(H,29,30)/b28-24+. The fraction of sp³-hybridized carbons (Fsp3) is 0.192. The Morgan fingerprint density at radius 2 is 1.53 bits per heavy atom. The lowest BCUT2D eigenvalue weighted by atomic mass is 9.95. The number of primary amides is 1. The molecule has 8 nitrogen and oxygen atoms in total. The molecule has 3 rings (SSSR count).